The molecule has 40 heavy (non-hydrogen) atoms. The molecule has 1 saturated heterocycles. The molecule has 3 heterocycles. The molecule has 0 spiro atoms. The first-order valence-electron chi connectivity index (χ1n) is 13.9. The molecule has 2 atom stereocenters. The van der Waals surface area contributed by atoms with Crippen molar-refractivity contribution in [1.82, 2.24) is 4.90 Å². The van der Waals surface area contributed by atoms with Gasteiger partial charge in [-0.05, 0) is 73.9 Å². The van der Waals surface area contributed by atoms with Crippen LogP contribution in [0.4, 0.5) is 0 Å². The van der Waals surface area contributed by atoms with Crippen LogP contribution in [0.15, 0.2) is 64.8 Å². The van der Waals surface area contributed by atoms with E-state index in [4.69, 9.17) is 18.6 Å². The molecule has 210 valence electrons. The molecule has 1 fully saturated rings. The maximum Gasteiger partial charge on any atom is 0.296 e. The van der Waals surface area contributed by atoms with Crippen LogP contribution in [0.25, 0.3) is 5.76 Å². The number of unbranched alkanes of at least 4 members (excludes halogenated alkanes) is 2. The van der Waals surface area contributed by atoms with Gasteiger partial charge in [0.1, 0.15) is 23.4 Å². The number of carbonyl (C=O) groups is 2. The molecule has 3 aromatic rings. The minimum atomic E-state index is -0.859. The standard InChI is InChI=1S/C32H35NO7/c1-4-6-7-14-39-26-13-10-21(18-27(26)37-5-2)29-28(31(35)32(36)33(29)19-24-9-8-15-38-24)30(34)22-11-12-25-23(17-22)16-20(3)40-25/h8-13,15,17-18,20,29,34H,4-7,14,16,19H2,1-3H3/t20-,29-/m1/s1. The Bertz CT molecular complexity index is 1410. The Morgan fingerprint density at radius 2 is 1.90 bits per heavy atom. The summed E-state index contributed by atoms with van der Waals surface area (Å²) < 4.78 is 23.2. The lowest BCUT2D eigenvalue weighted by Gasteiger charge is -2.25. The van der Waals surface area contributed by atoms with E-state index in [2.05, 4.69) is 6.92 Å². The van der Waals surface area contributed by atoms with Crippen LogP contribution in [0.5, 0.6) is 17.2 Å². The van der Waals surface area contributed by atoms with Gasteiger partial charge in [0, 0.05) is 12.0 Å². The fourth-order valence-corrected chi connectivity index (χ4v) is 5.30. The van der Waals surface area contributed by atoms with Crippen molar-refractivity contribution in [1.29, 1.82) is 0 Å². The zero-order valence-electron chi connectivity index (χ0n) is 23.1. The first-order chi connectivity index (χ1) is 19.4. The number of Topliss-reactive ketones (excluding diaryl/α,β-unsaturated/α-hetero) is 1. The molecule has 2 aliphatic rings. The summed E-state index contributed by atoms with van der Waals surface area (Å²) in [7, 11) is 0. The number of aliphatic hydroxyl groups excluding tert-OH is 1. The number of ether oxygens (including phenoxy) is 3. The van der Waals surface area contributed by atoms with E-state index >= 15 is 0 Å². The average molecular weight is 546 g/mol. The van der Waals surface area contributed by atoms with Crippen LogP contribution in [-0.4, -0.2) is 41.0 Å². The topological polar surface area (TPSA) is 98.4 Å². The second-order valence-electron chi connectivity index (χ2n) is 10.2. The monoisotopic (exact) mass is 545 g/mol. The molecule has 0 aliphatic carbocycles. The number of hydrogen-bond acceptors (Lipinski definition) is 7. The van der Waals surface area contributed by atoms with Crippen molar-refractivity contribution in [2.24, 2.45) is 0 Å². The molecule has 8 nitrogen and oxygen atoms in total. The van der Waals surface area contributed by atoms with Gasteiger partial charge in [0.05, 0.1) is 37.6 Å². The lowest BCUT2D eigenvalue weighted by molar-refractivity contribution is -0.140. The van der Waals surface area contributed by atoms with Gasteiger partial charge in [0.15, 0.2) is 11.5 Å². The summed E-state index contributed by atoms with van der Waals surface area (Å²) in [5, 5.41) is 11.5. The summed E-state index contributed by atoms with van der Waals surface area (Å²) in [5.41, 5.74) is 2.04. The van der Waals surface area contributed by atoms with Crippen molar-refractivity contribution in [2.75, 3.05) is 13.2 Å². The van der Waals surface area contributed by atoms with Gasteiger partial charge in [0.2, 0.25) is 0 Å². The van der Waals surface area contributed by atoms with Crippen molar-refractivity contribution in [3.05, 3.63) is 82.8 Å². The second-order valence-corrected chi connectivity index (χ2v) is 10.2. The Morgan fingerprint density at radius 3 is 2.65 bits per heavy atom. The van der Waals surface area contributed by atoms with Crippen LogP contribution >= 0.6 is 0 Å². The Kier molecular flexibility index (Phi) is 8.14. The minimum absolute atomic E-state index is 0.0162. The predicted octanol–water partition coefficient (Wildman–Crippen LogP) is 6.19. The number of fused-ring (bicyclic) bond motifs is 1. The number of furan rings is 1. The highest BCUT2D eigenvalue weighted by atomic mass is 16.5. The minimum Gasteiger partial charge on any atom is -0.507 e. The lowest BCUT2D eigenvalue weighted by Crippen LogP contribution is -2.29. The molecular formula is C32H35NO7. The summed E-state index contributed by atoms with van der Waals surface area (Å²) in [4.78, 5) is 28.3. The molecular weight excluding hydrogens is 510 g/mol. The molecule has 0 radical (unpaired) electrons. The summed E-state index contributed by atoms with van der Waals surface area (Å²) >= 11 is 0. The maximum atomic E-state index is 13.5. The predicted molar refractivity (Wildman–Crippen MR) is 149 cm³/mol. The number of ketones is 1. The number of likely N-dealkylation sites (tertiary alicyclic amines) is 1. The van der Waals surface area contributed by atoms with Crippen LogP contribution in [-0.2, 0) is 22.6 Å². The second kappa shape index (κ2) is 11.9. The molecule has 2 aromatic carbocycles. The first kappa shape index (κ1) is 27.4. The number of carbonyl (C=O) groups excluding carboxylic acids is 2. The number of aliphatic hydroxyl groups is 1. The van der Waals surface area contributed by atoms with E-state index in [1.165, 1.54) is 11.2 Å². The molecule has 5 rings (SSSR count). The average Bonchev–Trinajstić information content (AvgIpc) is 3.66. The van der Waals surface area contributed by atoms with E-state index < -0.39 is 17.7 Å². The number of hydrogen-bond donors (Lipinski definition) is 1. The highest BCUT2D eigenvalue weighted by Crippen LogP contribution is 2.43. The van der Waals surface area contributed by atoms with E-state index in [-0.39, 0.29) is 24.0 Å². The van der Waals surface area contributed by atoms with Crippen LogP contribution in [0.1, 0.15) is 68.5 Å². The molecule has 0 saturated carbocycles. The quantitative estimate of drug-likeness (QED) is 0.133. The van der Waals surface area contributed by atoms with Crippen molar-refractivity contribution >= 4 is 17.4 Å². The van der Waals surface area contributed by atoms with Crippen molar-refractivity contribution in [3.63, 3.8) is 0 Å². The summed E-state index contributed by atoms with van der Waals surface area (Å²) in [5.74, 6) is 0.703. The van der Waals surface area contributed by atoms with E-state index in [0.29, 0.717) is 48.0 Å². The summed E-state index contributed by atoms with van der Waals surface area (Å²) in [6.07, 6.45) is 5.34. The fourth-order valence-electron chi connectivity index (χ4n) is 5.30. The highest BCUT2D eigenvalue weighted by Gasteiger charge is 2.46. The van der Waals surface area contributed by atoms with Crippen LogP contribution in [0.3, 0.4) is 0 Å². The molecule has 1 N–H and O–H groups in total. The fraction of sp³-hybridized carbons (Fsp3) is 0.375. The largest absolute Gasteiger partial charge is 0.507 e. The van der Waals surface area contributed by atoms with Gasteiger partial charge in [-0.15, -0.1) is 0 Å². The zero-order valence-corrected chi connectivity index (χ0v) is 23.1. The van der Waals surface area contributed by atoms with Crippen molar-refractivity contribution in [2.45, 2.75) is 65.1 Å². The van der Waals surface area contributed by atoms with Gasteiger partial charge in [-0.25, -0.2) is 0 Å². The zero-order chi connectivity index (χ0) is 28.2. The van der Waals surface area contributed by atoms with E-state index in [1.807, 2.05) is 26.0 Å². The highest BCUT2D eigenvalue weighted by molar-refractivity contribution is 6.46. The smallest absolute Gasteiger partial charge is 0.296 e. The summed E-state index contributed by atoms with van der Waals surface area (Å²) in [6.45, 7) is 7.04. The number of rotatable bonds is 11. The Morgan fingerprint density at radius 1 is 1.05 bits per heavy atom. The van der Waals surface area contributed by atoms with Crippen molar-refractivity contribution in [3.8, 4) is 17.2 Å². The van der Waals surface area contributed by atoms with Gasteiger partial charge in [-0.1, -0.05) is 25.8 Å². The molecule has 0 unspecified atom stereocenters. The molecule has 0 bridgehead atoms. The number of amides is 1. The van der Waals surface area contributed by atoms with Gasteiger partial charge in [-0.3, -0.25) is 9.59 Å². The Hall–Kier alpha value is -4.20. The molecule has 1 amide bonds. The van der Waals surface area contributed by atoms with Crippen LogP contribution in [0, 0.1) is 0 Å². The van der Waals surface area contributed by atoms with Gasteiger partial charge < -0.3 is 28.6 Å². The van der Waals surface area contributed by atoms with E-state index in [9.17, 15) is 14.7 Å². The third-order valence-electron chi connectivity index (χ3n) is 7.20. The molecule has 2 aliphatic heterocycles. The van der Waals surface area contributed by atoms with E-state index in [1.54, 1.807) is 36.4 Å². The Labute approximate surface area is 234 Å². The van der Waals surface area contributed by atoms with Crippen molar-refractivity contribution < 1.29 is 33.3 Å². The van der Waals surface area contributed by atoms with Gasteiger partial charge in [-0.2, -0.15) is 0 Å². The van der Waals surface area contributed by atoms with E-state index in [0.717, 1.165) is 30.6 Å². The normalized spacial score (nSPS) is 19.5. The third-order valence-corrected chi connectivity index (χ3v) is 7.20. The Balaban J connectivity index is 1.58. The first-order valence-corrected chi connectivity index (χ1v) is 13.9. The maximum absolute atomic E-state index is 13.5. The molecule has 8 heteroatoms. The third kappa shape index (κ3) is 5.43. The van der Waals surface area contributed by atoms with Gasteiger partial charge >= 0.3 is 0 Å². The number of nitrogens with zero attached hydrogens (tertiary/aromatic N) is 1. The SMILES string of the molecule is CCCCCOc1ccc([C@@H]2C(=C(O)c3ccc4c(c3)C[C@@H](C)O4)C(=O)C(=O)N2Cc2ccco2)cc1OCC. The van der Waals surface area contributed by atoms with Gasteiger partial charge in [0.25, 0.3) is 11.7 Å². The number of benzene rings is 2. The summed E-state index contributed by atoms with van der Waals surface area (Å²) in [6, 6.07) is 13.3. The van der Waals surface area contributed by atoms with Crippen LogP contribution < -0.4 is 14.2 Å². The van der Waals surface area contributed by atoms with Crippen LogP contribution in [0.2, 0.25) is 0 Å². The molecule has 1 aromatic heterocycles. The lowest BCUT2D eigenvalue weighted by atomic mass is 9.94.